The van der Waals surface area contributed by atoms with Crippen molar-refractivity contribution in [2.45, 2.75) is 39.2 Å². The summed E-state index contributed by atoms with van der Waals surface area (Å²) in [5.74, 6) is 0.773. The van der Waals surface area contributed by atoms with Crippen LogP contribution >= 0.6 is 0 Å². The summed E-state index contributed by atoms with van der Waals surface area (Å²) in [6, 6.07) is 0.102. The highest BCUT2D eigenvalue weighted by Crippen LogP contribution is 2.25. The minimum absolute atomic E-state index is 0.102. The zero-order chi connectivity index (χ0) is 12.9. The average Bonchev–Trinajstić information content (AvgIpc) is 2.27. The van der Waals surface area contributed by atoms with Crippen molar-refractivity contribution < 1.29 is 9.00 Å². The lowest BCUT2D eigenvalue weighted by molar-refractivity contribution is -0.131. The molecule has 1 aliphatic heterocycles. The summed E-state index contributed by atoms with van der Waals surface area (Å²) in [5.41, 5.74) is -0.280. The van der Waals surface area contributed by atoms with Gasteiger partial charge in [0.1, 0.15) is 0 Å². The molecule has 4 nitrogen and oxygen atoms in total. The minimum Gasteiger partial charge on any atom is -0.353 e. The molecule has 1 aliphatic rings. The second-order valence-corrected chi connectivity index (χ2v) is 6.84. The summed E-state index contributed by atoms with van der Waals surface area (Å²) in [6.45, 7) is 5.75. The van der Waals surface area contributed by atoms with Gasteiger partial charge in [0, 0.05) is 35.4 Å². The Balaban J connectivity index is 2.39. The highest BCUT2D eigenvalue weighted by Gasteiger charge is 2.34. The third-order valence-corrected chi connectivity index (χ3v) is 4.17. The molecule has 0 radical (unpaired) electrons. The van der Waals surface area contributed by atoms with Crippen LogP contribution in [0.25, 0.3) is 0 Å². The molecule has 0 aromatic heterocycles. The Kier molecular flexibility index (Phi) is 5.59. The monoisotopic (exact) mass is 260 g/mol. The van der Waals surface area contributed by atoms with Crippen molar-refractivity contribution in [3.63, 3.8) is 0 Å². The van der Waals surface area contributed by atoms with E-state index in [2.05, 4.69) is 10.6 Å². The lowest BCUT2D eigenvalue weighted by atomic mass is 9.81. The number of nitrogens with one attached hydrogen (secondary N) is 2. The number of hydrogen-bond acceptors (Lipinski definition) is 3. The van der Waals surface area contributed by atoms with Crippen molar-refractivity contribution in [3.8, 4) is 0 Å². The van der Waals surface area contributed by atoms with Gasteiger partial charge in [-0.3, -0.25) is 9.00 Å². The Morgan fingerprint density at radius 3 is 2.82 bits per heavy atom. The SMILES string of the molecule is CC(CCS(C)=O)NC(=O)C1(C)CCCNC1. The number of carbonyl (C=O) groups excluding carboxylic acids is 1. The fourth-order valence-electron chi connectivity index (χ4n) is 2.06. The summed E-state index contributed by atoms with van der Waals surface area (Å²) >= 11 is 0. The maximum atomic E-state index is 12.1. The first-order valence-electron chi connectivity index (χ1n) is 6.26. The van der Waals surface area contributed by atoms with E-state index in [1.54, 1.807) is 6.26 Å². The van der Waals surface area contributed by atoms with E-state index >= 15 is 0 Å². The molecule has 0 aliphatic carbocycles. The van der Waals surface area contributed by atoms with E-state index in [9.17, 15) is 9.00 Å². The molecule has 0 bridgehead atoms. The van der Waals surface area contributed by atoms with Crippen LogP contribution in [0.2, 0.25) is 0 Å². The topological polar surface area (TPSA) is 58.2 Å². The zero-order valence-electron chi connectivity index (χ0n) is 11.0. The molecular formula is C12H24N2O2S. The van der Waals surface area contributed by atoms with Gasteiger partial charge in [-0.15, -0.1) is 0 Å². The van der Waals surface area contributed by atoms with Crippen LogP contribution < -0.4 is 10.6 Å². The van der Waals surface area contributed by atoms with Gasteiger partial charge in [-0.2, -0.15) is 0 Å². The van der Waals surface area contributed by atoms with E-state index < -0.39 is 10.8 Å². The third kappa shape index (κ3) is 4.76. The largest absolute Gasteiger partial charge is 0.353 e. The van der Waals surface area contributed by atoms with Crippen LogP contribution in [0.3, 0.4) is 0 Å². The predicted octanol–water partition coefficient (Wildman–Crippen LogP) is 0.649. The van der Waals surface area contributed by atoms with Crippen LogP contribution in [0, 0.1) is 5.41 Å². The van der Waals surface area contributed by atoms with Crippen LogP contribution in [-0.2, 0) is 15.6 Å². The highest BCUT2D eigenvalue weighted by molar-refractivity contribution is 7.84. The summed E-state index contributed by atoms with van der Waals surface area (Å²) in [7, 11) is -0.780. The van der Waals surface area contributed by atoms with Crippen molar-refractivity contribution >= 4 is 16.7 Å². The third-order valence-electron chi connectivity index (χ3n) is 3.36. The van der Waals surface area contributed by atoms with Gasteiger partial charge in [0.15, 0.2) is 0 Å². The Hall–Kier alpha value is -0.420. The second-order valence-electron chi connectivity index (χ2n) is 5.28. The van der Waals surface area contributed by atoms with Crippen molar-refractivity contribution in [2.24, 2.45) is 5.41 Å². The molecule has 2 N–H and O–H groups in total. The van der Waals surface area contributed by atoms with Gasteiger partial charge in [0.25, 0.3) is 0 Å². The van der Waals surface area contributed by atoms with Crippen molar-refractivity contribution in [1.82, 2.24) is 10.6 Å². The van der Waals surface area contributed by atoms with E-state index in [0.29, 0.717) is 5.75 Å². The highest BCUT2D eigenvalue weighted by atomic mass is 32.2. The van der Waals surface area contributed by atoms with Gasteiger partial charge < -0.3 is 10.6 Å². The standard InChI is InChI=1S/C12H24N2O2S/c1-10(5-8-17(3)16)14-11(15)12(2)6-4-7-13-9-12/h10,13H,4-9H2,1-3H3,(H,14,15). The molecule has 5 heteroatoms. The molecule has 1 heterocycles. The lowest BCUT2D eigenvalue weighted by Crippen LogP contribution is -2.50. The van der Waals surface area contributed by atoms with Crippen LogP contribution in [-0.4, -0.2) is 41.3 Å². The fourth-order valence-corrected chi connectivity index (χ4v) is 2.75. The quantitative estimate of drug-likeness (QED) is 0.763. The van der Waals surface area contributed by atoms with E-state index in [1.807, 2.05) is 13.8 Å². The molecule has 1 fully saturated rings. The first-order chi connectivity index (χ1) is 7.94. The summed E-state index contributed by atoms with van der Waals surface area (Å²) in [6.07, 6.45) is 4.47. The molecule has 1 amide bonds. The fraction of sp³-hybridized carbons (Fsp3) is 0.917. The van der Waals surface area contributed by atoms with Crippen LogP contribution in [0.4, 0.5) is 0 Å². The molecule has 3 unspecified atom stereocenters. The van der Waals surface area contributed by atoms with E-state index in [1.165, 1.54) is 0 Å². The maximum absolute atomic E-state index is 12.1. The Morgan fingerprint density at radius 1 is 1.59 bits per heavy atom. The Bertz CT molecular complexity index is 288. The van der Waals surface area contributed by atoms with E-state index in [-0.39, 0.29) is 17.4 Å². The molecule has 0 aromatic carbocycles. The molecule has 1 saturated heterocycles. The molecule has 1 rings (SSSR count). The van der Waals surface area contributed by atoms with Crippen molar-refractivity contribution in [1.29, 1.82) is 0 Å². The lowest BCUT2D eigenvalue weighted by Gasteiger charge is -2.33. The summed E-state index contributed by atoms with van der Waals surface area (Å²) < 4.78 is 11.0. The van der Waals surface area contributed by atoms with Gasteiger partial charge in [-0.05, 0) is 39.7 Å². The molecular weight excluding hydrogens is 236 g/mol. The average molecular weight is 260 g/mol. The number of rotatable bonds is 5. The van der Waals surface area contributed by atoms with Crippen molar-refractivity contribution in [2.75, 3.05) is 25.1 Å². The molecule has 100 valence electrons. The normalized spacial score (nSPS) is 28.4. The van der Waals surface area contributed by atoms with Crippen LogP contribution in [0.1, 0.15) is 33.1 Å². The Morgan fingerprint density at radius 2 is 2.29 bits per heavy atom. The molecule has 0 spiro atoms. The maximum Gasteiger partial charge on any atom is 0.227 e. The number of hydrogen-bond donors (Lipinski definition) is 2. The summed E-state index contributed by atoms with van der Waals surface area (Å²) in [5, 5.41) is 6.30. The first kappa shape index (κ1) is 14.6. The zero-order valence-corrected chi connectivity index (χ0v) is 11.9. The molecule has 17 heavy (non-hydrogen) atoms. The predicted molar refractivity (Wildman–Crippen MR) is 71.4 cm³/mol. The van der Waals surface area contributed by atoms with E-state index in [0.717, 1.165) is 32.4 Å². The van der Waals surface area contributed by atoms with Crippen LogP contribution in [0.5, 0.6) is 0 Å². The number of amides is 1. The molecule has 0 aromatic rings. The first-order valence-corrected chi connectivity index (χ1v) is 7.98. The van der Waals surface area contributed by atoms with Crippen LogP contribution in [0.15, 0.2) is 0 Å². The second kappa shape index (κ2) is 6.50. The van der Waals surface area contributed by atoms with Gasteiger partial charge in [-0.25, -0.2) is 0 Å². The van der Waals surface area contributed by atoms with Gasteiger partial charge >= 0.3 is 0 Å². The smallest absolute Gasteiger partial charge is 0.227 e. The van der Waals surface area contributed by atoms with Gasteiger partial charge in [0.05, 0.1) is 5.41 Å². The number of carbonyl (C=O) groups is 1. The summed E-state index contributed by atoms with van der Waals surface area (Å²) in [4.78, 5) is 12.1. The molecule has 0 saturated carbocycles. The van der Waals surface area contributed by atoms with Crippen molar-refractivity contribution in [3.05, 3.63) is 0 Å². The molecule has 3 atom stereocenters. The Labute approximate surface area is 106 Å². The van der Waals surface area contributed by atoms with Gasteiger partial charge in [0.2, 0.25) is 5.91 Å². The van der Waals surface area contributed by atoms with E-state index in [4.69, 9.17) is 0 Å². The van der Waals surface area contributed by atoms with Gasteiger partial charge in [-0.1, -0.05) is 0 Å². The minimum atomic E-state index is -0.780. The number of piperidine rings is 1.